The van der Waals surface area contributed by atoms with Crippen LogP contribution in [0.4, 0.5) is 5.69 Å². The molecule has 0 saturated carbocycles. The van der Waals surface area contributed by atoms with Crippen LogP contribution in [-0.2, 0) is 11.4 Å². The monoisotopic (exact) mass is 465 g/mol. The van der Waals surface area contributed by atoms with Crippen molar-refractivity contribution in [2.45, 2.75) is 20.5 Å². The normalized spacial score (nSPS) is 10.6. The molecule has 0 unspecified atom stereocenters. The van der Waals surface area contributed by atoms with Gasteiger partial charge in [-0.1, -0.05) is 35.9 Å². The summed E-state index contributed by atoms with van der Waals surface area (Å²) in [7, 11) is 0. The third-order valence-corrected chi connectivity index (χ3v) is 4.80. The van der Waals surface area contributed by atoms with Crippen LogP contribution in [0.1, 0.15) is 35.3 Å². The van der Waals surface area contributed by atoms with Crippen molar-refractivity contribution in [3.8, 4) is 11.5 Å². The Kier molecular flexibility index (Phi) is 8.43. The average molecular weight is 466 g/mol. The molecule has 0 heterocycles. The average Bonchev–Trinajstić information content (AvgIpc) is 2.79. The first-order chi connectivity index (χ1) is 16.0. The maximum Gasteiger partial charge on any atom is 0.271 e. The minimum atomic E-state index is -0.400. The SMILES string of the molecule is CCOc1cc(/C=N\NC(=O)c2cccc(NC(C)=O)c2)ccc1OCc1ccccc1Cl. The van der Waals surface area contributed by atoms with Gasteiger partial charge in [-0.25, -0.2) is 5.43 Å². The molecule has 2 amide bonds. The summed E-state index contributed by atoms with van der Waals surface area (Å²) in [5, 5.41) is 7.29. The molecule has 3 aromatic carbocycles. The van der Waals surface area contributed by atoms with Gasteiger partial charge in [0.25, 0.3) is 5.91 Å². The highest BCUT2D eigenvalue weighted by atomic mass is 35.5. The molecule has 0 atom stereocenters. The van der Waals surface area contributed by atoms with Crippen LogP contribution in [0.25, 0.3) is 0 Å². The van der Waals surface area contributed by atoms with E-state index < -0.39 is 5.91 Å². The summed E-state index contributed by atoms with van der Waals surface area (Å²) in [5.41, 5.74) is 4.98. The molecule has 7 nitrogen and oxygen atoms in total. The summed E-state index contributed by atoms with van der Waals surface area (Å²) < 4.78 is 11.6. The number of rotatable bonds is 9. The molecule has 0 spiro atoms. The molecule has 0 saturated heterocycles. The molecule has 0 aliphatic carbocycles. The van der Waals surface area contributed by atoms with Gasteiger partial charge in [-0.05, 0) is 55.0 Å². The first kappa shape index (κ1) is 23.8. The van der Waals surface area contributed by atoms with Crippen molar-refractivity contribution in [3.63, 3.8) is 0 Å². The molecular formula is C25H24ClN3O4. The van der Waals surface area contributed by atoms with Gasteiger partial charge < -0.3 is 14.8 Å². The number of hydrogen-bond donors (Lipinski definition) is 2. The van der Waals surface area contributed by atoms with E-state index in [1.54, 1.807) is 42.5 Å². The van der Waals surface area contributed by atoms with Crippen molar-refractivity contribution >= 4 is 35.3 Å². The Morgan fingerprint density at radius 2 is 1.82 bits per heavy atom. The fourth-order valence-electron chi connectivity index (χ4n) is 2.93. The Morgan fingerprint density at radius 1 is 1.00 bits per heavy atom. The molecule has 2 N–H and O–H groups in total. The largest absolute Gasteiger partial charge is 0.490 e. The minimum Gasteiger partial charge on any atom is -0.490 e. The van der Waals surface area contributed by atoms with Gasteiger partial charge in [-0.15, -0.1) is 0 Å². The van der Waals surface area contributed by atoms with Crippen molar-refractivity contribution in [2.75, 3.05) is 11.9 Å². The predicted octanol–water partition coefficient (Wildman–Crippen LogP) is 5.04. The van der Waals surface area contributed by atoms with Gasteiger partial charge in [0.05, 0.1) is 12.8 Å². The topological polar surface area (TPSA) is 89.0 Å². The highest BCUT2D eigenvalue weighted by Crippen LogP contribution is 2.29. The van der Waals surface area contributed by atoms with E-state index >= 15 is 0 Å². The molecule has 8 heteroatoms. The second kappa shape index (κ2) is 11.7. The maximum absolute atomic E-state index is 12.4. The lowest BCUT2D eigenvalue weighted by atomic mass is 10.2. The standard InChI is InChI=1S/C25H24ClN3O4/c1-3-32-24-13-18(11-12-23(24)33-16-20-7-4-5-10-22(20)26)15-27-29-25(31)19-8-6-9-21(14-19)28-17(2)30/h4-15H,3,16H2,1-2H3,(H,28,30)(H,29,31)/b27-15-. The summed E-state index contributed by atoms with van der Waals surface area (Å²) in [4.78, 5) is 23.5. The molecule has 170 valence electrons. The molecule has 3 aromatic rings. The lowest BCUT2D eigenvalue weighted by Crippen LogP contribution is -2.18. The van der Waals surface area contributed by atoms with Gasteiger partial charge in [0.2, 0.25) is 5.91 Å². The number of hydrazone groups is 1. The quantitative estimate of drug-likeness (QED) is 0.342. The smallest absolute Gasteiger partial charge is 0.271 e. The van der Waals surface area contributed by atoms with Crippen LogP contribution >= 0.6 is 11.6 Å². The number of nitrogens with one attached hydrogen (secondary N) is 2. The predicted molar refractivity (Wildman–Crippen MR) is 129 cm³/mol. The van der Waals surface area contributed by atoms with E-state index in [4.69, 9.17) is 21.1 Å². The summed E-state index contributed by atoms with van der Waals surface area (Å²) >= 11 is 6.19. The Balaban J connectivity index is 1.65. The lowest BCUT2D eigenvalue weighted by molar-refractivity contribution is -0.114. The molecule has 0 aromatic heterocycles. The first-order valence-corrected chi connectivity index (χ1v) is 10.7. The van der Waals surface area contributed by atoms with E-state index in [0.717, 1.165) is 11.1 Å². The highest BCUT2D eigenvalue weighted by Gasteiger charge is 2.09. The molecule has 0 bridgehead atoms. The van der Waals surface area contributed by atoms with Crippen LogP contribution in [0.15, 0.2) is 71.8 Å². The van der Waals surface area contributed by atoms with Gasteiger partial charge in [-0.3, -0.25) is 9.59 Å². The summed E-state index contributed by atoms with van der Waals surface area (Å²) in [5.74, 6) is 0.522. The van der Waals surface area contributed by atoms with Crippen molar-refractivity contribution in [2.24, 2.45) is 5.10 Å². The Bertz CT molecular complexity index is 1160. The number of hydrogen-bond acceptors (Lipinski definition) is 5. The number of carbonyl (C=O) groups excluding carboxylic acids is 2. The second-order valence-electron chi connectivity index (χ2n) is 6.98. The zero-order valence-corrected chi connectivity index (χ0v) is 19.1. The van der Waals surface area contributed by atoms with Crippen LogP contribution < -0.4 is 20.2 Å². The number of halogens is 1. The van der Waals surface area contributed by atoms with Crippen LogP contribution in [0.3, 0.4) is 0 Å². The molecule has 33 heavy (non-hydrogen) atoms. The summed E-state index contributed by atoms with van der Waals surface area (Å²) in [6.07, 6.45) is 1.51. The van der Waals surface area contributed by atoms with Crippen LogP contribution in [-0.4, -0.2) is 24.6 Å². The second-order valence-corrected chi connectivity index (χ2v) is 7.39. The fraction of sp³-hybridized carbons (Fsp3) is 0.160. The molecule has 0 aliphatic heterocycles. The minimum absolute atomic E-state index is 0.213. The van der Waals surface area contributed by atoms with E-state index in [1.807, 2.05) is 31.2 Å². The van der Waals surface area contributed by atoms with E-state index in [-0.39, 0.29) is 5.91 Å². The van der Waals surface area contributed by atoms with Gasteiger partial charge >= 0.3 is 0 Å². The Morgan fingerprint density at radius 3 is 2.58 bits per heavy atom. The van der Waals surface area contributed by atoms with Gasteiger partial charge in [0, 0.05) is 28.8 Å². The molecule has 0 aliphatic rings. The summed E-state index contributed by atoms with van der Waals surface area (Å²) in [6, 6.07) is 19.4. The Hall–Kier alpha value is -3.84. The van der Waals surface area contributed by atoms with Gasteiger partial charge in [0.1, 0.15) is 6.61 Å². The Labute approximate surface area is 197 Å². The third-order valence-electron chi connectivity index (χ3n) is 4.43. The number of anilines is 1. The lowest BCUT2D eigenvalue weighted by Gasteiger charge is -2.13. The van der Waals surface area contributed by atoms with Gasteiger partial charge in [0.15, 0.2) is 11.5 Å². The number of carbonyl (C=O) groups is 2. The van der Waals surface area contributed by atoms with Crippen molar-refractivity contribution in [1.82, 2.24) is 5.43 Å². The maximum atomic E-state index is 12.4. The van der Waals surface area contributed by atoms with Gasteiger partial charge in [-0.2, -0.15) is 5.10 Å². The highest BCUT2D eigenvalue weighted by molar-refractivity contribution is 6.31. The van der Waals surface area contributed by atoms with Crippen LogP contribution in [0.2, 0.25) is 5.02 Å². The molecule has 0 fully saturated rings. The van der Waals surface area contributed by atoms with E-state index in [0.29, 0.717) is 41.0 Å². The fourth-order valence-corrected chi connectivity index (χ4v) is 3.13. The first-order valence-electron chi connectivity index (χ1n) is 10.3. The van der Waals surface area contributed by atoms with E-state index in [2.05, 4.69) is 15.8 Å². The van der Waals surface area contributed by atoms with E-state index in [9.17, 15) is 9.59 Å². The van der Waals surface area contributed by atoms with Crippen LogP contribution in [0.5, 0.6) is 11.5 Å². The summed E-state index contributed by atoms with van der Waals surface area (Å²) in [6.45, 7) is 4.06. The number of ether oxygens (including phenoxy) is 2. The third kappa shape index (κ3) is 7.08. The molecule has 3 rings (SSSR count). The number of amides is 2. The zero-order valence-electron chi connectivity index (χ0n) is 18.3. The number of benzene rings is 3. The zero-order chi connectivity index (χ0) is 23.6. The van der Waals surface area contributed by atoms with E-state index in [1.165, 1.54) is 13.1 Å². The number of nitrogens with zero attached hydrogens (tertiary/aromatic N) is 1. The van der Waals surface area contributed by atoms with Crippen molar-refractivity contribution in [1.29, 1.82) is 0 Å². The molecular weight excluding hydrogens is 442 g/mol. The van der Waals surface area contributed by atoms with Crippen LogP contribution in [0, 0.1) is 0 Å². The van der Waals surface area contributed by atoms with Crippen molar-refractivity contribution < 1.29 is 19.1 Å². The van der Waals surface area contributed by atoms with Crippen molar-refractivity contribution in [3.05, 3.63) is 88.4 Å². The molecule has 0 radical (unpaired) electrons.